The lowest BCUT2D eigenvalue weighted by Crippen LogP contribution is -2.20. The molecule has 3 aliphatic carbocycles. The van der Waals surface area contributed by atoms with Gasteiger partial charge < -0.3 is 52.6 Å². The fraction of sp³-hybridized carbons (Fsp3) is 0.365. The number of aromatic nitrogens is 25. The Bertz CT molecular complexity index is 6980. The van der Waals surface area contributed by atoms with E-state index in [4.69, 9.17) is 4.74 Å². The van der Waals surface area contributed by atoms with Crippen LogP contribution < -0.4 is 52.8 Å². The van der Waals surface area contributed by atoms with Gasteiger partial charge in [0.2, 0.25) is 65.4 Å². The van der Waals surface area contributed by atoms with Crippen LogP contribution in [-0.4, -0.2) is 150 Å². The summed E-state index contributed by atoms with van der Waals surface area (Å²) in [6.07, 6.45) is 10.6. The van der Waals surface area contributed by atoms with Crippen LogP contribution in [0.5, 0.6) is 0 Å². The second-order valence-electron chi connectivity index (χ2n) is 34.8. The first-order valence-corrected chi connectivity index (χ1v) is 46.3. The van der Waals surface area contributed by atoms with Crippen LogP contribution in [0.4, 0.5) is 132 Å². The predicted molar refractivity (Wildman–Crippen MR) is 516 cm³/mol. The van der Waals surface area contributed by atoms with E-state index in [1.807, 2.05) is 66.9 Å². The second-order valence-corrected chi connectivity index (χ2v) is 34.8. The summed E-state index contributed by atoms with van der Waals surface area (Å²) >= 11 is 0. The lowest BCUT2D eigenvalue weighted by molar-refractivity contribution is 0.0663. The summed E-state index contributed by atoms with van der Waals surface area (Å²) in [4.78, 5) is 78.1. The smallest absolute Gasteiger partial charge is 0.244 e. The molecular weight excluding hydrogens is 1870 g/mol. The highest BCUT2D eigenvalue weighted by Crippen LogP contribution is 2.44. The molecule has 19 rings (SSSR count). The number of ether oxygens (including phenoxy) is 1. The summed E-state index contributed by atoms with van der Waals surface area (Å²) in [6, 6.07) is 24.9. The molecule has 748 valence electrons. The summed E-state index contributed by atoms with van der Waals surface area (Å²) < 4.78 is 148. The Labute approximate surface area is 815 Å². The van der Waals surface area contributed by atoms with E-state index in [0.717, 1.165) is 98.7 Å². The minimum Gasteiger partial charge on any atom is -0.381 e. The maximum Gasteiger partial charge on any atom is 0.244 e. The number of rotatable bonds is 30. The van der Waals surface area contributed by atoms with Crippen molar-refractivity contribution in [2.75, 3.05) is 73.0 Å². The third-order valence-electron chi connectivity index (χ3n) is 23.2. The lowest BCUT2D eigenvalue weighted by Gasteiger charge is -2.22. The van der Waals surface area contributed by atoms with Gasteiger partial charge >= 0.3 is 0 Å². The Hall–Kier alpha value is -15.9. The van der Waals surface area contributed by atoms with Crippen molar-refractivity contribution in [2.45, 2.75) is 202 Å². The first-order valence-electron chi connectivity index (χ1n) is 46.3. The van der Waals surface area contributed by atoms with Crippen LogP contribution >= 0.6 is 0 Å². The number of anilines is 15. The van der Waals surface area contributed by atoms with Crippen molar-refractivity contribution in [1.82, 2.24) is 124 Å². The number of aryl methyl sites for hydroxylation is 8. The summed E-state index contributed by atoms with van der Waals surface area (Å²) in [7, 11) is 3.67. The zero-order valence-corrected chi connectivity index (χ0v) is 80.9. The molecule has 1 saturated heterocycles. The number of aromatic amines is 1. The molecule has 5 atom stereocenters. The number of H-pyrrole nitrogens is 1. The summed E-state index contributed by atoms with van der Waals surface area (Å²) in [5, 5.41) is 52.5. The molecule has 0 bridgehead atoms. The van der Waals surface area contributed by atoms with E-state index in [2.05, 4.69) is 160 Å². The minimum atomic E-state index is -0.651. The van der Waals surface area contributed by atoms with Gasteiger partial charge in [-0.25, -0.2) is 48.6 Å². The van der Waals surface area contributed by atoms with Gasteiger partial charge in [0.05, 0.1) is 41.9 Å². The molecular formula is C96H107F10N35O2. The van der Waals surface area contributed by atoms with Crippen LogP contribution in [0.3, 0.4) is 0 Å². The molecule has 4 aliphatic rings. The summed E-state index contributed by atoms with van der Waals surface area (Å²) in [5.41, 5.74) is 5.78. The normalized spacial score (nSPS) is 14.4. The molecule has 15 aromatic rings. The van der Waals surface area contributed by atoms with Crippen LogP contribution in [0.1, 0.15) is 238 Å². The molecule has 37 nitrogen and oxygen atoms in total. The topological polar surface area (TPSA) is 431 Å². The zero-order chi connectivity index (χ0) is 102. The van der Waals surface area contributed by atoms with Gasteiger partial charge in [0, 0.05) is 170 Å². The molecule has 5 unspecified atom stereocenters. The van der Waals surface area contributed by atoms with Gasteiger partial charge in [-0.2, -0.15) is 95.2 Å². The van der Waals surface area contributed by atoms with E-state index in [9.17, 15) is 48.7 Å². The Balaban J connectivity index is 0.000000135. The van der Waals surface area contributed by atoms with Crippen LogP contribution in [-0.2, 0) is 18.3 Å². The number of nitrogens with zero attached hydrogens (tertiary/aromatic N) is 25. The first kappa shape index (κ1) is 102. The van der Waals surface area contributed by atoms with Crippen molar-refractivity contribution in [3.8, 4) is 0 Å². The third-order valence-corrected chi connectivity index (χ3v) is 23.2. The fourth-order valence-corrected chi connectivity index (χ4v) is 15.4. The summed E-state index contributed by atoms with van der Waals surface area (Å²) in [6.45, 7) is 25.1. The Kier molecular flexibility index (Phi) is 32.1. The minimum absolute atomic E-state index is 0.158. The second kappa shape index (κ2) is 45.2. The van der Waals surface area contributed by atoms with Crippen molar-refractivity contribution in [1.29, 1.82) is 0 Å². The number of halogens is 10. The largest absolute Gasteiger partial charge is 0.381 e. The van der Waals surface area contributed by atoms with Crippen LogP contribution in [0.25, 0.3) is 0 Å². The third kappa shape index (κ3) is 27.4. The van der Waals surface area contributed by atoms with Crippen LogP contribution in [0.15, 0.2) is 128 Å². The molecule has 4 fully saturated rings. The van der Waals surface area contributed by atoms with Crippen LogP contribution in [0.2, 0.25) is 0 Å². The Morgan fingerprint density at radius 1 is 0.399 bits per heavy atom. The average molecular weight is 1970 g/mol. The predicted octanol–water partition coefficient (Wildman–Crippen LogP) is 19.9. The average Bonchev–Trinajstić information content (AvgIpc) is 1.58. The number of hydrogen-bond acceptors (Lipinski definition) is 32. The molecule has 10 N–H and O–H groups in total. The van der Waals surface area contributed by atoms with Gasteiger partial charge in [-0.15, -0.1) is 5.10 Å². The van der Waals surface area contributed by atoms with Crippen molar-refractivity contribution in [3.63, 3.8) is 0 Å². The molecule has 3 saturated carbocycles. The van der Waals surface area contributed by atoms with Gasteiger partial charge in [0.1, 0.15) is 87.3 Å². The maximum absolute atomic E-state index is 14.0. The molecule has 11 heterocycles. The van der Waals surface area contributed by atoms with Crippen molar-refractivity contribution < 1.29 is 53.4 Å². The number of nitrogens with one attached hydrogen (secondary N) is 10. The van der Waals surface area contributed by atoms with E-state index in [0.29, 0.717) is 140 Å². The highest BCUT2D eigenvalue weighted by molar-refractivity contribution is 5.77. The SMILES string of the molecule is CC(=O)n1nc(Nc2nc(C)nc(NC(C)c3ccc(F)cc3F)n2)cc1C1CC1.CCn1nc(Nc2nc(C)nc(NC(C)c3ccc(F)cc3F)n2)cc1C1CC1.Cc1nc(NC(C)c2ccc(F)cc2F)nc(N(C)c2cc(C3CC3)[nH]n2)n1.Cc1nc(Nc2cc(C)n(C)n2)nc(NC(C)c2ccc(F)cc2F)n1.Cc1nc(Nc2ccn(C3CCOCC3)n2)nc(NC(C)c2ccc(F)cc2F)n1. The van der Waals surface area contributed by atoms with E-state index < -0.39 is 88.4 Å². The molecule has 143 heavy (non-hydrogen) atoms. The molecule has 0 amide bonds. The lowest BCUT2D eigenvalue weighted by atomic mass is 10.1. The molecule has 0 radical (unpaired) electrons. The van der Waals surface area contributed by atoms with Gasteiger partial charge in [0.15, 0.2) is 29.1 Å². The van der Waals surface area contributed by atoms with Crippen molar-refractivity contribution >= 4 is 94.5 Å². The van der Waals surface area contributed by atoms with Gasteiger partial charge in [-0.1, -0.05) is 30.3 Å². The van der Waals surface area contributed by atoms with Crippen molar-refractivity contribution in [3.05, 3.63) is 265 Å². The molecule has 5 aromatic carbocycles. The van der Waals surface area contributed by atoms with Crippen LogP contribution in [0, 0.1) is 99.7 Å². The van der Waals surface area contributed by atoms with E-state index in [1.54, 1.807) is 78.8 Å². The monoisotopic (exact) mass is 1970 g/mol. The number of hydrogen-bond donors (Lipinski definition) is 10. The number of carbonyl (C=O) groups excluding carboxylic acids is 1. The van der Waals surface area contributed by atoms with Gasteiger partial charge in [-0.05, 0) is 165 Å². The summed E-state index contributed by atoms with van der Waals surface area (Å²) in [5.74, 6) is 3.72. The van der Waals surface area contributed by atoms with E-state index >= 15 is 0 Å². The Morgan fingerprint density at radius 3 is 1.10 bits per heavy atom. The van der Waals surface area contributed by atoms with Gasteiger partial charge in [0.25, 0.3) is 0 Å². The number of benzene rings is 5. The first-order chi connectivity index (χ1) is 68.4. The van der Waals surface area contributed by atoms with E-state index in [1.165, 1.54) is 104 Å². The Morgan fingerprint density at radius 2 is 0.741 bits per heavy atom. The van der Waals surface area contributed by atoms with E-state index in [-0.39, 0.29) is 29.7 Å². The maximum atomic E-state index is 14.0. The highest BCUT2D eigenvalue weighted by atomic mass is 19.2. The molecule has 10 aromatic heterocycles. The highest BCUT2D eigenvalue weighted by Gasteiger charge is 2.33. The number of carbonyl (C=O) groups is 1. The fourth-order valence-electron chi connectivity index (χ4n) is 15.4. The quantitative estimate of drug-likeness (QED) is 0.0187. The molecule has 47 heteroatoms. The van der Waals surface area contributed by atoms with Gasteiger partial charge in [-0.3, -0.25) is 28.8 Å². The standard InChI is InChI=1S/C20H21F2N7O.C20H23F2N7O.C20H23F2N7.C19H21F2N7.C17H19F2N7/c1-10(15-7-6-14(21)8-16(15)22)23-19-24-11(2)25-20(27-19)26-18-9-17(13-4-5-13)29(28-18)12(3)30;1-12(16-4-3-14(21)11-17(16)22)23-19-24-13(2)25-20(27-19)26-18-5-8-29(28-18)15-6-9-30-10-7-15;1-4-29-17(13-5-6-13)10-18(28-29)26-20-25-12(3)24-19(27-20)23-11(2)15-8-7-14(21)9-16(15)22;1-10(14-7-6-13(20)8-15(14)21)22-18-23-11(2)24-19(25-18)28(3)17-9-16(26-27-17)12-4-5-12;1-9-7-15(25-26(9)4)23-17-22-11(3)21-16(24-17)20-10(2)13-6-5-12(18)8-14(13)19/h6-10,13H,4-5H2,1-3H3,(H2,23,24,25,26,27,28);3-5,8,11-12,15H,6-7,9-10H2,1-2H3,(H2,23,24,25,26,27,28);7-11,13H,4-6H2,1-3H3,(H2,23,24,25,26,27,28);6-10,12H,4-5H2,1-3H3,(H,26,27)(H,22,23,24,25);5-8,10H,1-4H3,(H2,20,21,22,23,24,25). The molecule has 0 spiro atoms. The van der Waals surface area contributed by atoms with Crippen molar-refractivity contribution in [2.24, 2.45) is 7.05 Å². The zero-order valence-electron chi connectivity index (χ0n) is 80.9. The molecule has 1 aliphatic heterocycles.